The largest absolute Gasteiger partial charge is 0.299 e. The molecular formula is C15H23N3S. The Balaban J connectivity index is 2.34. The first-order valence-electron chi connectivity index (χ1n) is 6.96. The highest BCUT2D eigenvalue weighted by molar-refractivity contribution is 7.99. The van der Waals surface area contributed by atoms with Gasteiger partial charge in [-0.25, -0.2) is 4.98 Å². The van der Waals surface area contributed by atoms with Gasteiger partial charge in [0.05, 0.1) is 11.1 Å². The average Bonchev–Trinajstić information content (AvgIpc) is 2.48. The van der Waals surface area contributed by atoms with E-state index in [4.69, 9.17) is 0 Å². The third-order valence-corrected chi connectivity index (χ3v) is 4.20. The van der Waals surface area contributed by atoms with E-state index in [9.17, 15) is 5.26 Å². The Morgan fingerprint density at radius 1 is 1.42 bits per heavy atom. The lowest BCUT2D eigenvalue weighted by Gasteiger charge is -2.26. The fraction of sp³-hybridized carbons (Fsp3) is 0.600. The van der Waals surface area contributed by atoms with E-state index < -0.39 is 0 Å². The molecule has 1 aromatic heterocycles. The highest BCUT2D eigenvalue weighted by atomic mass is 32.2. The van der Waals surface area contributed by atoms with Crippen LogP contribution in [0, 0.1) is 11.3 Å². The molecule has 0 aromatic carbocycles. The normalized spacial score (nSPS) is 13.7. The second-order valence-corrected chi connectivity index (χ2v) is 5.71. The van der Waals surface area contributed by atoms with Gasteiger partial charge in [0.15, 0.2) is 0 Å². The Bertz CT molecular complexity index is 388. The Morgan fingerprint density at radius 2 is 2.26 bits per heavy atom. The smallest absolute Gasteiger partial charge is 0.106 e. The molecule has 104 valence electrons. The number of hydrogen-bond acceptors (Lipinski definition) is 4. The van der Waals surface area contributed by atoms with Crippen LogP contribution in [-0.4, -0.2) is 22.8 Å². The van der Waals surface area contributed by atoms with E-state index in [1.807, 2.05) is 24.4 Å². The van der Waals surface area contributed by atoms with Crippen molar-refractivity contribution in [1.29, 1.82) is 5.26 Å². The van der Waals surface area contributed by atoms with Crippen molar-refractivity contribution in [1.82, 2.24) is 10.3 Å². The summed E-state index contributed by atoms with van der Waals surface area (Å²) < 4.78 is 0. The van der Waals surface area contributed by atoms with Gasteiger partial charge in [-0.3, -0.25) is 5.32 Å². The first-order valence-corrected chi connectivity index (χ1v) is 7.95. The number of aromatic nitrogens is 1. The van der Waals surface area contributed by atoms with Crippen molar-refractivity contribution in [2.75, 3.05) is 12.3 Å². The quantitative estimate of drug-likeness (QED) is 0.553. The summed E-state index contributed by atoms with van der Waals surface area (Å²) in [6.45, 7) is 5.12. The molecular weight excluding hydrogens is 254 g/mol. The first kappa shape index (κ1) is 16.0. The molecule has 0 aliphatic carbocycles. The molecule has 1 rings (SSSR count). The molecule has 0 aliphatic heterocycles. The van der Waals surface area contributed by atoms with Crippen molar-refractivity contribution in [3.8, 4) is 6.07 Å². The second-order valence-electron chi connectivity index (χ2n) is 4.59. The van der Waals surface area contributed by atoms with E-state index >= 15 is 0 Å². The van der Waals surface area contributed by atoms with Crippen LogP contribution in [0.5, 0.6) is 0 Å². The van der Waals surface area contributed by atoms with Gasteiger partial charge >= 0.3 is 0 Å². The predicted octanol–water partition coefficient (Wildman–Crippen LogP) is 3.63. The van der Waals surface area contributed by atoms with Gasteiger partial charge < -0.3 is 0 Å². The van der Waals surface area contributed by atoms with Crippen LogP contribution in [0.3, 0.4) is 0 Å². The molecule has 0 amide bonds. The van der Waals surface area contributed by atoms with Crippen molar-refractivity contribution >= 4 is 11.8 Å². The molecule has 1 unspecified atom stereocenters. The molecule has 1 atom stereocenters. The molecule has 19 heavy (non-hydrogen) atoms. The molecule has 1 aromatic rings. The third-order valence-electron chi connectivity index (χ3n) is 3.17. The van der Waals surface area contributed by atoms with Gasteiger partial charge in [-0.05, 0) is 50.1 Å². The van der Waals surface area contributed by atoms with Gasteiger partial charge in [0.1, 0.15) is 5.54 Å². The van der Waals surface area contributed by atoms with Crippen LogP contribution in [0.4, 0.5) is 0 Å². The Labute approximate surface area is 120 Å². The lowest BCUT2D eigenvalue weighted by atomic mass is 9.92. The number of nitrogens with one attached hydrogen (secondary N) is 1. The summed E-state index contributed by atoms with van der Waals surface area (Å²) >= 11 is 1.76. The van der Waals surface area contributed by atoms with Crippen molar-refractivity contribution in [3.63, 3.8) is 0 Å². The molecule has 0 saturated heterocycles. The lowest BCUT2D eigenvalue weighted by Crippen LogP contribution is -2.43. The highest BCUT2D eigenvalue weighted by Gasteiger charge is 2.25. The zero-order valence-electron chi connectivity index (χ0n) is 11.9. The molecule has 1 N–H and O–H groups in total. The maximum Gasteiger partial charge on any atom is 0.106 e. The van der Waals surface area contributed by atoms with Crippen molar-refractivity contribution < 1.29 is 0 Å². The molecule has 0 fully saturated rings. The molecule has 0 bridgehead atoms. The summed E-state index contributed by atoms with van der Waals surface area (Å²) in [4.78, 5) is 4.28. The molecule has 0 spiro atoms. The van der Waals surface area contributed by atoms with Crippen molar-refractivity contribution in [2.24, 2.45) is 0 Å². The molecule has 3 nitrogen and oxygen atoms in total. The fourth-order valence-corrected chi connectivity index (χ4v) is 2.72. The van der Waals surface area contributed by atoms with Crippen molar-refractivity contribution in [3.05, 3.63) is 24.4 Å². The number of rotatable bonds is 9. The van der Waals surface area contributed by atoms with Gasteiger partial charge in [-0.1, -0.05) is 19.9 Å². The first-order chi connectivity index (χ1) is 9.26. The van der Waals surface area contributed by atoms with Gasteiger partial charge in [0.2, 0.25) is 0 Å². The number of pyridine rings is 1. The van der Waals surface area contributed by atoms with Gasteiger partial charge in [-0.2, -0.15) is 5.26 Å². The zero-order chi connectivity index (χ0) is 14.0. The predicted molar refractivity (Wildman–Crippen MR) is 81.1 cm³/mol. The minimum atomic E-state index is -0.347. The topological polar surface area (TPSA) is 48.7 Å². The van der Waals surface area contributed by atoms with Gasteiger partial charge in [0.25, 0.3) is 0 Å². The summed E-state index contributed by atoms with van der Waals surface area (Å²) in [6.07, 6.45) is 5.67. The van der Waals surface area contributed by atoms with Crippen LogP contribution in [0.2, 0.25) is 0 Å². The SMILES string of the molecule is CCCNC(C#N)(CC)CCCSc1ccccn1. The van der Waals surface area contributed by atoms with E-state index in [2.05, 4.69) is 30.2 Å². The molecule has 1 heterocycles. The minimum absolute atomic E-state index is 0.347. The van der Waals surface area contributed by atoms with E-state index in [0.29, 0.717) is 0 Å². The monoisotopic (exact) mass is 277 g/mol. The van der Waals surface area contributed by atoms with Crippen LogP contribution >= 0.6 is 11.8 Å². The molecule has 0 aliphatic rings. The van der Waals surface area contributed by atoms with Gasteiger partial charge in [-0.15, -0.1) is 11.8 Å². The van der Waals surface area contributed by atoms with E-state index in [1.54, 1.807) is 11.8 Å². The third kappa shape index (κ3) is 5.63. The summed E-state index contributed by atoms with van der Waals surface area (Å²) in [5, 5.41) is 13.8. The number of thioether (sulfide) groups is 1. The number of nitriles is 1. The molecule has 0 saturated carbocycles. The molecule has 4 heteroatoms. The Hall–Kier alpha value is -1.05. The van der Waals surface area contributed by atoms with E-state index in [-0.39, 0.29) is 5.54 Å². The van der Waals surface area contributed by atoms with Crippen LogP contribution in [0.1, 0.15) is 39.5 Å². The van der Waals surface area contributed by atoms with Gasteiger partial charge in [0, 0.05) is 6.20 Å². The van der Waals surface area contributed by atoms with Crippen LogP contribution < -0.4 is 5.32 Å². The lowest BCUT2D eigenvalue weighted by molar-refractivity contribution is 0.371. The minimum Gasteiger partial charge on any atom is -0.299 e. The Kier molecular flexibility index (Phi) is 7.54. The van der Waals surface area contributed by atoms with Crippen LogP contribution in [0.25, 0.3) is 0 Å². The maximum atomic E-state index is 9.39. The summed E-state index contributed by atoms with van der Waals surface area (Å²) in [5.74, 6) is 1.01. The summed E-state index contributed by atoms with van der Waals surface area (Å²) in [6, 6.07) is 8.42. The van der Waals surface area contributed by atoms with E-state index in [0.717, 1.165) is 43.0 Å². The highest BCUT2D eigenvalue weighted by Crippen LogP contribution is 2.21. The average molecular weight is 277 g/mol. The zero-order valence-corrected chi connectivity index (χ0v) is 12.7. The number of hydrogen-bond donors (Lipinski definition) is 1. The number of nitrogens with zero attached hydrogens (tertiary/aromatic N) is 2. The maximum absolute atomic E-state index is 9.39. The van der Waals surface area contributed by atoms with Crippen LogP contribution in [0.15, 0.2) is 29.4 Å². The molecule has 0 radical (unpaired) electrons. The van der Waals surface area contributed by atoms with Crippen LogP contribution in [-0.2, 0) is 0 Å². The standard InChI is InChI=1S/C15H23N3S/c1-3-10-18-15(4-2,13-16)9-7-12-19-14-8-5-6-11-17-14/h5-6,8,11,18H,3-4,7,9-10,12H2,1-2H3. The van der Waals surface area contributed by atoms with Crippen molar-refractivity contribution in [2.45, 2.75) is 50.1 Å². The summed E-state index contributed by atoms with van der Waals surface area (Å²) in [7, 11) is 0. The summed E-state index contributed by atoms with van der Waals surface area (Å²) in [5.41, 5.74) is -0.347. The van der Waals surface area contributed by atoms with E-state index in [1.165, 1.54) is 0 Å². The second kappa shape index (κ2) is 8.95. The fourth-order valence-electron chi connectivity index (χ4n) is 1.91. The Morgan fingerprint density at radius 3 is 2.84 bits per heavy atom.